The number of rotatable bonds is 3. The van der Waals surface area contributed by atoms with Crippen LogP contribution in [-0.2, 0) is 6.42 Å². The van der Waals surface area contributed by atoms with Crippen molar-refractivity contribution in [1.29, 1.82) is 0 Å². The Morgan fingerprint density at radius 2 is 1.71 bits per heavy atom. The van der Waals surface area contributed by atoms with Crippen molar-refractivity contribution in [2.24, 2.45) is 0 Å². The Bertz CT molecular complexity index is 1270. The lowest BCUT2D eigenvalue weighted by atomic mass is 9.82. The Labute approximate surface area is 210 Å². The van der Waals surface area contributed by atoms with E-state index in [4.69, 9.17) is 32.9 Å². The lowest BCUT2D eigenvalue weighted by molar-refractivity contribution is 0.0225. The van der Waals surface area contributed by atoms with Gasteiger partial charge in [-0.25, -0.2) is 9.97 Å². The topological polar surface area (TPSA) is 55.3 Å². The zero-order chi connectivity index (χ0) is 24.0. The van der Waals surface area contributed by atoms with Gasteiger partial charge in [0.05, 0.1) is 12.0 Å². The fourth-order valence-corrected chi connectivity index (χ4v) is 5.51. The number of anilines is 1. The molecule has 0 atom stereocenters. The van der Waals surface area contributed by atoms with Gasteiger partial charge in [0.15, 0.2) is 5.78 Å². The van der Waals surface area contributed by atoms with Crippen LogP contribution >= 0.6 is 23.2 Å². The predicted octanol–water partition coefficient (Wildman–Crippen LogP) is 6.30. The first-order chi connectivity index (χ1) is 16.2. The minimum Gasteiger partial charge on any atom is -0.486 e. The first-order valence-corrected chi connectivity index (χ1v) is 12.3. The normalized spacial score (nSPS) is 17.0. The number of nitrogens with zero attached hydrogens (tertiary/aromatic N) is 3. The van der Waals surface area contributed by atoms with Gasteiger partial charge in [-0.2, -0.15) is 0 Å². The van der Waals surface area contributed by atoms with Crippen LogP contribution in [0.5, 0.6) is 5.75 Å². The van der Waals surface area contributed by atoms with Crippen molar-refractivity contribution >= 4 is 34.8 Å². The highest BCUT2D eigenvalue weighted by molar-refractivity contribution is 6.31. The fraction of sp³-hybridized carbons (Fsp3) is 0.370. The van der Waals surface area contributed by atoms with Gasteiger partial charge in [0.2, 0.25) is 0 Å². The Kier molecular flexibility index (Phi) is 6.03. The molecule has 1 spiro atoms. The van der Waals surface area contributed by atoms with Crippen LogP contribution < -0.4 is 9.64 Å². The molecule has 0 saturated carbocycles. The van der Waals surface area contributed by atoms with E-state index in [1.165, 1.54) is 5.56 Å². The molecule has 5 rings (SSSR count). The van der Waals surface area contributed by atoms with Gasteiger partial charge in [-0.15, -0.1) is 0 Å². The van der Waals surface area contributed by atoms with Crippen LogP contribution in [0.1, 0.15) is 57.8 Å². The summed E-state index contributed by atoms with van der Waals surface area (Å²) in [4.78, 5) is 24.8. The molecule has 34 heavy (non-hydrogen) atoms. The maximum atomic E-state index is 13.0. The molecule has 1 saturated heterocycles. The van der Waals surface area contributed by atoms with Crippen LogP contribution in [0.25, 0.3) is 0 Å². The molecule has 7 heteroatoms. The van der Waals surface area contributed by atoms with Gasteiger partial charge >= 0.3 is 0 Å². The van der Waals surface area contributed by atoms with Gasteiger partial charge in [0.1, 0.15) is 23.0 Å². The van der Waals surface area contributed by atoms with Crippen LogP contribution in [0, 0.1) is 20.8 Å². The highest BCUT2D eigenvalue weighted by atomic mass is 35.5. The van der Waals surface area contributed by atoms with Crippen molar-refractivity contribution in [3.05, 3.63) is 80.2 Å². The number of Topliss-reactive ketones (excluding diaryl/α,β-unsaturated/α-hetero) is 1. The largest absolute Gasteiger partial charge is 0.486 e. The molecule has 1 aromatic heterocycles. The van der Waals surface area contributed by atoms with Gasteiger partial charge in [-0.1, -0.05) is 35.3 Å². The highest BCUT2D eigenvalue weighted by Crippen LogP contribution is 2.43. The summed E-state index contributed by atoms with van der Waals surface area (Å²) in [7, 11) is 0. The van der Waals surface area contributed by atoms with Gasteiger partial charge in [0.25, 0.3) is 0 Å². The maximum Gasteiger partial charge on any atom is 0.170 e. The highest BCUT2D eigenvalue weighted by Gasteiger charge is 2.44. The molecule has 1 fully saturated rings. The number of benzene rings is 2. The standard InChI is InChI=1S/C27H27Cl2N3O2/c1-16-12-21(29)14-23-24(33)15-27(34-25(16)23)8-10-32(11-9-27)26-22(17(2)30-18(3)31-26)13-19-4-6-20(28)7-5-19/h4-7,12,14H,8-11,13,15H2,1-3H3. The smallest absolute Gasteiger partial charge is 0.170 e. The second kappa shape index (κ2) is 8.86. The van der Waals surface area contributed by atoms with E-state index in [2.05, 4.69) is 9.88 Å². The van der Waals surface area contributed by atoms with Crippen LogP contribution in [0.2, 0.25) is 10.0 Å². The first kappa shape index (κ1) is 23.1. The van der Waals surface area contributed by atoms with Gasteiger partial charge < -0.3 is 9.64 Å². The average Bonchev–Trinajstić information content (AvgIpc) is 2.78. The van der Waals surface area contributed by atoms with Crippen molar-refractivity contribution in [3.63, 3.8) is 0 Å². The molecule has 2 aliphatic rings. The average molecular weight is 496 g/mol. The monoisotopic (exact) mass is 495 g/mol. The van der Waals surface area contributed by atoms with Crippen molar-refractivity contribution in [2.75, 3.05) is 18.0 Å². The molecule has 5 nitrogen and oxygen atoms in total. The summed E-state index contributed by atoms with van der Waals surface area (Å²) in [6.07, 6.45) is 2.63. The van der Waals surface area contributed by atoms with Crippen LogP contribution in [-0.4, -0.2) is 34.4 Å². The van der Waals surface area contributed by atoms with Crippen molar-refractivity contribution in [3.8, 4) is 5.75 Å². The van der Waals surface area contributed by atoms with E-state index in [-0.39, 0.29) is 5.78 Å². The van der Waals surface area contributed by atoms with E-state index in [9.17, 15) is 4.79 Å². The zero-order valence-electron chi connectivity index (χ0n) is 19.6. The third-order valence-corrected chi connectivity index (χ3v) is 7.38. The molecule has 0 radical (unpaired) electrons. The van der Waals surface area contributed by atoms with Crippen LogP contribution in [0.4, 0.5) is 5.82 Å². The number of carbonyl (C=O) groups is 1. The second-order valence-electron chi connectivity index (χ2n) is 9.43. The first-order valence-electron chi connectivity index (χ1n) is 11.6. The third-order valence-electron chi connectivity index (χ3n) is 6.91. The Balaban J connectivity index is 1.40. The number of ketones is 1. The molecule has 0 N–H and O–H groups in total. The van der Waals surface area contributed by atoms with E-state index in [0.29, 0.717) is 22.8 Å². The van der Waals surface area contributed by atoms with Crippen LogP contribution in [0.15, 0.2) is 36.4 Å². The molecular weight excluding hydrogens is 469 g/mol. The Morgan fingerprint density at radius 1 is 1.00 bits per heavy atom. The van der Waals surface area contributed by atoms with Crippen LogP contribution in [0.3, 0.4) is 0 Å². The van der Waals surface area contributed by atoms with Crippen molar-refractivity contribution < 1.29 is 9.53 Å². The molecule has 0 aliphatic carbocycles. The Hall–Kier alpha value is -2.63. The number of carbonyl (C=O) groups excluding carboxylic acids is 1. The lowest BCUT2D eigenvalue weighted by Gasteiger charge is -2.45. The zero-order valence-corrected chi connectivity index (χ0v) is 21.1. The quantitative estimate of drug-likeness (QED) is 0.426. The molecule has 2 aliphatic heterocycles. The lowest BCUT2D eigenvalue weighted by Crippen LogP contribution is -2.51. The second-order valence-corrected chi connectivity index (χ2v) is 10.3. The fourth-order valence-electron chi connectivity index (χ4n) is 5.11. The number of hydrogen-bond donors (Lipinski definition) is 0. The molecule has 0 unspecified atom stereocenters. The van der Waals surface area contributed by atoms with E-state index in [0.717, 1.165) is 65.8 Å². The summed E-state index contributed by atoms with van der Waals surface area (Å²) in [5, 5.41) is 1.30. The summed E-state index contributed by atoms with van der Waals surface area (Å²) in [5.74, 6) is 2.53. The van der Waals surface area contributed by atoms with Gasteiger partial charge in [-0.05, 0) is 56.2 Å². The summed E-state index contributed by atoms with van der Waals surface area (Å²) in [6, 6.07) is 11.5. The summed E-state index contributed by atoms with van der Waals surface area (Å²) >= 11 is 12.3. The molecular formula is C27H27Cl2N3O2. The third kappa shape index (κ3) is 4.39. The summed E-state index contributed by atoms with van der Waals surface area (Å²) in [6.45, 7) is 7.45. The molecule has 2 aromatic carbocycles. The van der Waals surface area contributed by atoms with E-state index in [1.54, 1.807) is 6.07 Å². The minimum atomic E-state index is -0.480. The maximum absolute atomic E-state index is 13.0. The number of hydrogen-bond acceptors (Lipinski definition) is 5. The number of fused-ring (bicyclic) bond motifs is 1. The SMILES string of the molecule is Cc1nc(C)c(Cc2ccc(Cl)cc2)c(N2CCC3(CC2)CC(=O)c2cc(Cl)cc(C)c2O3)n1. The van der Waals surface area contributed by atoms with Gasteiger partial charge in [-0.3, -0.25) is 4.79 Å². The molecule has 0 amide bonds. The molecule has 3 aromatic rings. The van der Waals surface area contributed by atoms with Gasteiger partial charge in [0, 0.05) is 53.7 Å². The number of piperidine rings is 1. The predicted molar refractivity (Wildman–Crippen MR) is 136 cm³/mol. The molecule has 176 valence electrons. The van der Waals surface area contributed by atoms with Crippen molar-refractivity contribution in [2.45, 2.75) is 52.1 Å². The number of halogens is 2. The number of aryl methyl sites for hydroxylation is 3. The Morgan fingerprint density at radius 3 is 2.41 bits per heavy atom. The number of aromatic nitrogens is 2. The minimum absolute atomic E-state index is 0.109. The molecule has 3 heterocycles. The van der Waals surface area contributed by atoms with E-state index < -0.39 is 5.60 Å². The van der Waals surface area contributed by atoms with E-state index >= 15 is 0 Å². The van der Waals surface area contributed by atoms with Crippen molar-refractivity contribution in [1.82, 2.24) is 9.97 Å². The number of ether oxygens (including phenoxy) is 1. The van der Waals surface area contributed by atoms with E-state index in [1.807, 2.05) is 51.1 Å². The molecule has 0 bridgehead atoms. The summed E-state index contributed by atoms with van der Waals surface area (Å²) < 4.78 is 6.53. The summed E-state index contributed by atoms with van der Waals surface area (Å²) in [5.41, 5.74) is 4.31.